The fraction of sp³-hybridized carbons (Fsp3) is 0.545. The first-order valence-corrected chi connectivity index (χ1v) is 9.94. The third kappa shape index (κ3) is 3.67. The summed E-state index contributed by atoms with van der Waals surface area (Å²) in [4.78, 5) is 8.93. The molecule has 4 nitrogen and oxygen atoms in total. The first kappa shape index (κ1) is 17.6. The molecule has 0 amide bonds. The van der Waals surface area contributed by atoms with Crippen LogP contribution < -0.4 is 5.32 Å². The van der Waals surface area contributed by atoms with Gasteiger partial charge in [-0.15, -0.1) is 0 Å². The van der Waals surface area contributed by atoms with E-state index in [1.54, 1.807) is 7.11 Å². The first-order chi connectivity index (χ1) is 12.9. The summed E-state index contributed by atoms with van der Waals surface area (Å²) < 4.78 is 5.09. The van der Waals surface area contributed by atoms with Crippen molar-refractivity contribution in [2.24, 2.45) is 11.8 Å². The van der Waals surface area contributed by atoms with Crippen molar-refractivity contribution in [3.63, 3.8) is 0 Å². The number of nitrogens with one attached hydrogen (secondary N) is 1. The van der Waals surface area contributed by atoms with Crippen molar-refractivity contribution < 1.29 is 4.74 Å². The molecule has 26 heavy (non-hydrogen) atoms. The molecule has 0 bridgehead atoms. The number of hydrogen-bond acceptors (Lipinski definition) is 4. The molecule has 138 valence electrons. The van der Waals surface area contributed by atoms with Crippen LogP contribution in [-0.4, -0.2) is 29.7 Å². The Labute approximate surface area is 156 Å². The minimum absolute atomic E-state index is 0.580. The quantitative estimate of drug-likeness (QED) is 0.826. The van der Waals surface area contributed by atoms with Gasteiger partial charge in [0, 0.05) is 50.0 Å². The summed E-state index contributed by atoms with van der Waals surface area (Å²) in [7, 11) is 1.71. The highest BCUT2D eigenvalue weighted by Crippen LogP contribution is 2.54. The molecule has 0 spiro atoms. The molecule has 1 aromatic heterocycles. The van der Waals surface area contributed by atoms with Crippen molar-refractivity contribution >= 4 is 0 Å². The molecule has 1 N–H and O–H groups in total. The molecule has 1 heterocycles. The summed E-state index contributed by atoms with van der Waals surface area (Å²) in [6, 6.07) is 11.7. The Balaban J connectivity index is 1.41. The van der Waals surface area contributed by atoms with E-state index in [-0.39, 0.29) is 0 Å². The molecule has 4 rings (SSSR count). The molecule has 2 fully saturated rings. The second kappa shape index (κ2) is 8.28. The maximum Gasteiger partial charge on any atom is 0.130 e. The van der Waals surface area contributed by atoms with Crippen molar-refractivity contribution in [1.29, 1.82) is 0 Å². The summed E-state index contributed by atoms with van der Waals surface area (Å²) >= 11 is 0. The summed E-state index contributed by atoms with van der Waals surface area (Å²) in [5.41, 5.74) is 2.66. The Morgan fingerprint density at radius 3 is 2.50 bits per heavy atom. The highest BCUT2D eigenvalue weighted by molar-refractivity contribution is 5.28. The molecular weight excluding hydrogens is 322 g/mol. The Kier molecular flexibility index (Phi) is 5.61. The van der Waals surface area contributed by atoms with Crippen molar-refractivity contribution in [3.8, 4) is 0 Å². The van der Waals surface area contributed by atoms with Crippen LogP contribution in [0.5, 0.6) is 0 Å². The summed E-state index contributed by atoms with van der Waals surface area (Å²) in [5.74, 6) is 3.20. The van der Waals surface area contributed by atoms with E-state index < -0.39 is 0 Å². The fourth-order valence-electron chi connectivity index (χ4n) is 4.91. The van der Waals surface area contributed by atoms with Crippen LogP contribution >= 0.6 is 0 Å². The van der Waals surface area contributed by atoms with E-state index in [9.17, 15) is 0 Å². The lowest BCUT2D eigenvalue weighted by atomic mass is 9.53. The van der Waals surface area contributed by atoms with Gasteiger partial charge in [-0.25, -0.2) is 9.97 Å². The van der Waals surface area contributed by atoms with Crippen LogP contribution in [0.15, 0.2) is 42.7 Å². The minimum atomic E-state index is 0.580. The molecular formula is C22H29N3O. The van der Waals surface area contributed by atoms with Gasteiger partial charge in [0.05, 0.1) is 6.61 Å². The van der Waals surface area contributed by atoms with Gasteiger partial charge < -0.3 is 10.1 Å². The van der Waals surface area contributed by atoms with Gasteiger partial charge in [-0.2, -0.15) is 0 Å². The molecule has 0 radical (unpaired) electrons. The topological polar surface area (TPSA) is 47.0 Å². The maximum atomic E-state index is 5.09. The third-order valence-electron chi connectivity index (χ3n) is 6.20. The molecule has 0 unspecified atom stereocenters. The lowest BCUT2D eigenvalue weighted by Gasteiger charge is -2.55. The van der Waals surface area contributed by atoms with E-state index in [1.807, 2.05) is 12.4 Å². The Morgan fingerprint density at radius 1 is 1.04 bits per heavy atom. The third-order valence-corrected chi connectivity index (χ3v) is 6.20. The van der Waals surface area contributed by atoms with Gasteiger partial charge in [0.2, 0.25) is 0 Å². The van der Waals surface area contributed by atoms with Gasteiger partial charge in [0.25, 0.3) is 0 Å². The standard InChI is InChI=1S/C22H29N3O/c1-26-12-11-20-23-13-16(14-24-20)15-25-22-19-10-6-5-9-18(19)21(22)17-7-3-2-4-8-17/h2-4,7-8,13-14,18-19,21-22,25H,5-6,9-12,15H2,1H3/t18-,19+,21-,22-/m1/s1. The average Bonchev–Trinajstić information content (AvgIpc) is 2.69. The van der Waals surface area contributed by atoms with Gasteiger partial charge in [-0.1, -0.05) is 43.2 Å². The van der Waals surface area contributed by atoms with E-state index in [0.717, 1.165) is 36.2 Å². The van der Waals surface area contributed by atoms with Crippen molar-refractivity contribution in [2.45, 2.75) is 50.6 Å². The predicted molar refractivity (Wildman–Crippen MR) is 103 cm³/mol. The number of methoxy groups -OCH3 is 1. The second-order valence-corrected chi connectivity index (χ2v) is 7.71. The van der Waals surface area contributed by atoms with Gasteiger partial charge in [-0.05, 0) is 30.2 Å². The lowest BCUT2D eigenvalue weighted by Crippen LogP contribution is -2.57. The van der Waals surface area contributed by atoms with E-state index in [1.165, 1.54) is 31.2 Å². The molecule has 0 aliphatic heterocycles. The Bertz CT molecular complexity index is 688. The van der Waals surface area contributed by atoms with Crippen LogP contribution in [-0.2, 0) is 17.7 Å². The lowest BCUT2D eigenvalue weighted by molar-refractivity contribution is 0.0254. The molecule has 4 heteroatoms. The van der Waals surface area contributed by atoms with Crippen LogP contribution in [0.3, 0.4) is 0 Å². The summed E-state index contributed by atoms with van der Waals surface area (Å²) in [5, 5.41) is 3.84. The van der Waals surface area contributed by atoms with Crippen LogP contribution in [0.4, 0.5) is 0 Å². The minimum Gasteiger partial charge on any atom is -0.384 e. The zero-order chi connectivity index (χ0) is 17.8. The summed E-state index contributed by atoms with van der Waals surface area (Å²) in [6.45, 7) is 1.52. The highest BCUT2D eigenvalue weighted by Gasteiger charge is 2.50. The number of benzene rings is 1. The Hall–Kier alpha value is -1.78. The normalized spacial score (nSPS) is 27.6. The SMILES string of the molecule is COCCc1ncc(CN[C@@H]2[C@H]3CCCC[C@H]3[C@H]2c2ccccc2)cn1. The van der Waals surface area contributed by atoms with Crippen LogP contribution in [0, 0.1) is 11.8 Å². The van der Waals surface area contributed by atoms with Crippen molar-refractivity contribution in [2.75, 3.05) is 13.7 Å². The molecule has 2 saturated carbocycles. The van der Waals surface area contributed by atoms with Gasteiger partial charge in [-0.3, -0.25) is 0 Å². The molecule has 4 atom stereocenters. The molecule has 0 saturated heterocycles. The number of hydrogen-bond donors (Lipinski definition) is 1. The molecule has 2 aliphatic rings. The Morgan fingerprint density at radius 2 is 1.77 bits per heavy atom. The monoisotopic (exact) mass is 351 g/mol. The van der Waals surface area contributed by atoms with E-state index in [0.29, 0.717) is 18.6 Å². The molecule has 2 aromatic rings. The second-order valence-electron chi connectivity index (χ2n) is 7.71. The van der Waals surface area contributed by atoms with Crippen LogP contribution in [0.25, 0.3) is 0 Å². The van der Waals surface area contributed by atoms with Gasteiger partial charge in [0.15, 0.2) is 0 Å². The number of ether oxygens (including phenoxy) is 1. The van der Waals surface area contributed by atoms with Crippen LogP contribution in [0.1, 0.15) is 48.6 Å². The van der Waals surface area contributed by atoms with E-state index in [2.05, 4.69) is 45.6 Å². The van der Waals surface area contributed by atoms with Gasteiger partial charge >= 0.3 is 0 Å². The molecule has 1 aromatic carbocycles. The van der Waals surface area contributed by atoms with E-state index >= 15 is 0 Å². The smallest absolute Gasteiger partial charge is 0.130 e. The summed E-state index contributed by atoms with van der Waals surface area (Å²) in [6.07, 6.45) is 10.2. The van der Waals surface area contributed by atoms with Crippen molar-refractivity contribution in [1.82, 2.24) is 15.3 Å². The fourth-order valence-corrected chi connectivity index (χ4v) is 4.91. The number of rotatable bonds is 7. The van der Waals surface area contributed by atoms with Crippen molar-refractivity contribution in [3.05, 3.63) is 59.7 Å². The number of aromatic nitrogens is 2. The predicted octanol–water partition coefficient (Wildman–Crippen LogP) is 3.73. The number of nitrogens with zero attached hydrogens (tertiary/aromatic N) is 2. The van der Waals surface area contributed by atoms with Crippen LogP contribution in [0.2, 0.25) is 0 Å². The zero-order valence-electron chi connectivity index (χ0n) is 15.6. The number of fused-ring (bicyclic) bond motifs is 1. The highest BCUT2D eigenvalue weighted by atomic mass is 16.5. The van der Waals surface area contributed by atoms with E-state index in [4.69, 9.17) is 4.74 Å². The molecule has 2 aliphatic carbocycles. The largest absolute Gasteiger partial charge is 0.384 e. The average molecular weight is 351 g/mol. The van der Waals surface area contributed by atoms with Gasteiger partial charge in [0.1, 0.15) is 5.82 Å². The first-order valence-electron chi connectivity index (χ1n) is 9.94. The zero-order valence-corrected chi connectivity index (χ0v) is 15.6. The maximum absolute atomic E-state index is 5.09.